The van der Waals surface area contributed by atoms with Gasteiger partial charge in [0.2, 0.25) is 0 Å². The Bertz CT molecular complexity index is 398. The second-order valence-corrected chi connectivity index (χ2v) is 3.56. The number of rotatable bonds is 5. The summed E-state index contributed by atoms with van der Waals surface area (Å²) in [6.07, 6.45) is 8.31. The third kappa shape index (κ3) is 2.67. The van der Waals surface area contributed by atoms with Gasteiger partial charge in [0.05, 0.1) is 12.2 Å². The van der Waals surface area contributed by atoms with Crippen molar-refractivity contribution < 1.29 is 4.74 Å². The van der Waals surface area contributed by atoms with E-state index in [1.54, 1.807) is 6.08 Å². The van der Waals surface area contributed by atoms with Crippen LogP contribution in [0.15, 0.2) is 30.9 Å². The Kier molecular flexibility index (Phi) is 4.66. The maximum absolute atomic E-state index is 5.62. The van der Waals surface area contributed by atoms with Crippen molar-refractivity contribution in [2.45, 2.75) is 20.3 Å². The lowest BCUT2D eigenvalue weighted by Gasteiger charge is -2.13. The van der Waals surface area contributed by atoms with Crippen LogP contribution in [0.1, 0.15) is 31.4 Å². The molecule has 0 amide bonds. The van der Waals surface area contributed by atoms with Crippen LogP contribution >= 0.6 is 0 Å². The fourth-order valence-electron chi connectivity index (χ4n) is 1.45. The fourth-order valence-corrected chi connectivity index (χ4v) is 1.45. The molecule has 0 heterocycles. The minimum atomic E-state index is 0.686. The molecule has 0 saturated heterocycles. The largest absolute Gasteiger partial charge is 0.492 e. The van der Waals surface area contributed by atoms with Gasteiger partial charge >= 0.3 is 0 Å². The van der Waals surface area contributed by atoms with Gasteiger partial charge in [-0.3, -0.25) is 0 Å². The van der Waals surface area contributed by atoms with Crippen LogP contribution in [-0.2, 0) is 0 Å². The van der Waals surface area contributed by atoms with Gasteiger partial charge in [0.25, 0.3) is 0 Å². The van der Waals surface area contributed by atoms with Crippen molar-refractivity contribution in [2.75, 3.05) is 6.61 Å². The highest BCUT2D eigenvalue weighted by atomic mass is 16.5. The molecule has 0 spiro atoms. The Labute approximate surface area is 98.1 Å². The van der Waals surface area contributed by atoms with E-state index in [1.165, 1.54) is 0 Å². The monoisotopic (exact) mass is 213 g/mol. The van der Waals surface area contributed by atoms with Crippen LogP contribution in [0.4, 0.5) is 0 Å². The lowest BCUT2D eigenvalue weighted by atomic mass is 9.95. The zero-order valence-electron chi connectivity index (χ0n) is 9.92. The van der Waals surface area contributed by atoms with Crippen molar-refractivity contribution in [3.8, 4) is 18.1 Å². The third-order valence-electron chi connectivity index (χ3n) is 2.36. The van der Waals surface area contributed by atoms with Crippen LogP contribution in [0.3, 0.4) is 0 Å². The van der Waals surface area contributed by atoms with Gasteiger partial charge < -0.3 is 4.74 Å². The zero-order valence-corrected chi connectivity index (χ0v) is 9.92. The fraction of sp³-hybridized carbons (Fsp3) is 0.267. The number of allylic oxidation sites excluding steroid dienone is 1. The molecule has 1 aromatic carbocycles. The average molecular weight is 213 g/mol. The van der Waals surface area contributed by atoms with Gasteiger partial charge in [0.1, 0.15) is 5.75 Å². The normalized spacial score (nSPS) is 9.88. The Hall–Kier alpha value is -1.68. The molecule has 83 valence electrons. The van der Waals surface area contributed by atoms with Crippen molar-refractivity contribution in [3.05, 3.63) is 47.9 Å². The molecule has 0 unspecified atom stereocenters. The van der Waals surface area contributed by atoms with E-state index in [4.69, 9.17) is 11.2 Å². The lowest BCUT2D eigenvalue weighted by Crippen LogP contribution is -2.01. The molecule has 0 bridgehead atoms. The smallest absolute Gasteiger partial charge is 0.135 e. The van der Waals surface area contributed by atoms with Crippen LogP contribution in [0.25, 0.3) is 0 Å². The van der Waals surface area contributed by atoms with E-state index in [-0.39, 0.29) is 0 Å². The Morgan fingerprint density at radius 1 is 1.56 bits per heavy atom. The highest BCUT2D eigenvalue weighted by Crippen LogP contribution is 2.27. The number of ether oxygens (including phenoxy) is 1. The summed E-state index contributed by atoms with van der Waals surface area (Å²) in [5.74, 6) is 4.54. The second kappa shape index (κ2) is 6.02. The highest BCUT2D eigenvalue weighted by molar-refractivity contribution is 5.56. The van der Waals surface area contributed by atoms with Crippen LogP contribution in [0.5, 0.6) is 5.75 Å². The molecule has 0 saturated carbocycles. The van der Waals surface area contributed by atoms with Crippen LogP contribution in [0, 0.1) is 18.3 Å². The molecule has 1 radical (unpaired) electrons. The first-order chi connectivity index (χ1) is 7.74. The first-order valence-electron chi connectivity index (χ1n) is 5.43. The molecular weight excluding hydrogens is 196 g/mol. The first kappa shape index (κ1) is 12.4. The van der Waals surface area contributed by atoms with E-state index in [9.17, 15) is 0 Å². The van der Waals surface area contributed by atoms with Gasteiger partial charge in [-0.15, -0.1) is 13.0 Å². The minimum Gasteiger partial charge on any atom is -0.492 e. The van der Waals surface area contributed by atoms with Gasteiger partial charge in [-0.2, -0.15) is 0 Å². The summed E-state index contributed by atoms with van der Waals surface area (Å²) in [6.45, 7) is 8.51. The third-order valence-corrected chi connectivity index (χ3v) is 2.36. The number of terminal acetylenes is 1. The summed E-state index contributed by atoms with van der Waals surface area (Å²) < 4.78 is 5.62. The first-order valence-corrected chi connectivity index (χ1v) is 5.43. The summed E-state index contributed by atoms with van der Waals surface area (Å²) in [5, 5.41) is 0. The van der Waals surface area contributed by atoms with E-state index in [0.717, 1.165) is 29.2 Å². The van der Waals surface area contributed by atoms with Crippen LogP contribution in [-0.4, -0.2) is 6.61 Å². The molecular formula is C15H17O. The molecule has 16 heavy (non-hydrogen) atoms. The summed E-state index contributed by atoms with van der Waals surface area (Å²) >= 11 is 0. The predicted octanol–water partition coefficient (Wildman–Crippen LogP) is 3.59. The predicted molar refractivity (Wildman–Crippen MR) is 68.4 cm³/mol. The molecule has 0 N–H and O–H groups in total. The molecule has 0 aliphatic carbocycles. The number of benzene rings is 1. The van der Waals surface area contributed by atoms with Gasteiger partial charge in [0, 0.05) is 5.92 Å². The highest BCUT2D eigenvalue weighted by Gasteiger charge is 2.11. The molecule has 1 heteroatoms. The molecule has 0 aliphatic rings. The summed E-state index contributed by atoms with van der Waals surface area (Å²) in [4.78, 5) is 0. The van der Waals surface area contributed by atoms with Crippen molar-refractivity contribution in [1.29, 1.82) is 0 Å². The molecule has 0 fully saturated rings. The summed E-state index contributed by atoms with van der Waals surface area (Å²) in [7, 11) is 0. The topological polar surface area (TPSA) is 9.23 Å². The lowest BCUT2D eigenvalue weighted by molar-refractivity contribution is 0.316. The van der Waals surface area contributed by atoms with Crippen molar-refractivity contribution in [2.24, 2.45) is 0 Å². The molecule has 1 nitrogen and oxygen atoms in total. The average Bonchev–Trinajstić information content (AvgIpc) is 2.34. The molecule has 0 aliphatic heterocycles. The molecule has 0 atom stereocenters. The Morgan fingerprint density at radius 2 is 2.31 bits per heavy atom. The van der Waals surface area contributed by atoms with Crippen LogP contribution in [0.2, 0.25) is 0 Å². The van der Waals surface area contributed by atoms with Gasteiger partial charge in [-0.1, -0.05) is 38.0 Å². The summed E-state index contributed by atoms with van der Waals surface area (Å²) in [6, 6.07) is 5.85. The standard InChI is InChI=1S/C15H17O/c1-5-11-16-15-10-8-9-14(12(4)6-2)13(15)7-3/h3,6,8-10H,2,5,11H2,1,4H3. The zero-order chi connectivity index (χ0) is 12.0. The Balaban J connectivity index is 3.11. The van der Waals surface area contributed by atoms with E-state index in [1.807, 2.05) is 25.1 Å². The van der Waals surface area contributed by atoms with Gasteiger partial charge in [-0.05, 0) is 18.1 Å². The molecule has 1 rings (SSSR count). The van der Waals surface area contributed by atoms with Crippen molar-refractivity contribution >= 4 is 0 Å². The minimum absolute atomic E-state index is 0.686. The van der Waals surface area contributed by atoms with Crippen LogP contribution < -0.4 is 4.74 Å². The van der Waals surface area contributed by atoms with Crippen molar-refractivity contribution in [3.63, 3.8) is 0 Å². The maximum atomic E-state index is 5.62. The number of hydrogen-bond acceptors (Lipinski definition) is 1. The SMILES string of the molecule is C#Cc1c(OCCC)cccc1[C](C)C=C. The number of hydrogen-bond donors (Lipinski definition) is 0. The second-order valence-electron chi connectivity index (χ2n) is 3.56. The van der Waals surface area contributed by atoms with E-state index in [2.05, 4.69) is 19.4 Å². The van der Waals surface area contributed by atoms with E-state index >= 15 is 0 Å². The van der Waals surface area contributed by atoms with Gasteiger partial charge in [-0.25, -0.2) is 0 Å². The quantitative estimate of drug-likeness (QED) is 0.679. The van der Waals surface area contributed by atoms with E-state index in [0.29, 0.717) is 6.61 Å². The Morgan fingerprint density at radius 3 is 2.88 bits per heavy atom. The van der Waals surface area contributed by atoms with E-state index < -0.39 is 0 Å². The summed E-state index contributed by atoms with van der Waals surface area (Å²) in [5.41, 5.74) is 1.83. The van der Waals surface area contributed by atoms with Gasteiger partial charge in [0.15, 0.2) is 0 Å². The van der Waals surface area contributed by atoms with Crippen molar-refractivity contribution in [1.82, 2.24) is 0 Å². The molecule has 1 aromatic rings. The molecule has 0 aromatic heterocycles. The maximum Gasteiger partial charge on any atom is 0.135 e.